The van der Waals surface area contributed by atoms with E-state index in [0.717, 1.165) is 12.1 Å². The maximum Gasteiger partial charge on any atom is 0.240 e. The van der Waals surface area contributed by atoms with Crippen LogP contribution < -0.4 is 4.72 Å². The van der Waals surface area contributed by atoms with Crippen molar-refractivity contribution in [1.29, 1.82) is 0 Å². The third-order valence-corrected chi connectivity index (χ3v) is 5.47. The molecule has 0 aliphatic carbocycles. The molecule has 1 atom stereocenters. The van der Waals surface area contributed by atoms with Crippen molar-refractivity contribution in [2.45, 2.75) is 37.1 Å². The Labute approximate surface area is 146 Å². The molecular weight excluding hydrogens is 348 g/mol. The number of benzene rings is 2. The van der Waals surface area contributed by atoms with Crippen molar-refractivity contribution < 1.29 is 22.3 Å². The number of aliphatic hydroxyl groups excluding tert-OH is 1. The van der Waals surface area contributed by atoms with Crippen LogP contribution in [-0.4, -0.2) is 26.2 Å². The first kappa shape index (κ1) is 19.5. The Balaban J connectivity index is 2.20. The molecule has 0 aliphatic heterocycles. The fourth-order valence-electron chi connectivity index (χ4n) is 2.51. The second kappa shape index (κ2) is 8.51. The molecule has 0 unspecified atom stereocenters. The molecule has 0 aliphatic rings. The summed E-state index contributed by atoms with van der Waals surface area (Å²) in [7, 11) is -3.70. The lowest BCUT2D eigenvalue weighted by atomic mass is 10.1. The summed E-state index contributed by atoms with van der Waals surface area (Å²) in [5, 5.41) is 8.87. The highest BCUT2D eigenvalue weighted by Gasteiger charge is 2.19. The second-order valence-electron chi connectivity index (χ2n) is 5.74. The summed E-state index contributed by atoms with van der Waals surface area (Å²) in [6.45, 7) is 1.88. The van der Waals surface area contributed by atoms with Gasteiger partial charge in [0.1, 0.15) is 11.6 Å². The summed E-state index contributed by atoms with van der Waals surface area (Å²) in [6, 6.07) is 8.74. The Kier molecular flexibility index (Phi) is 6.64. The van der Waals surface area contributed by atoms with Crippen LogP contribution >= 0.6 is 0 Å². The quantitative estimate of drug-likeness (QED) is 0.749. The van der Waals surface area contributed by atoms with Gasteiger partial charge in [-0.3, -0.25) is 0 Å². The topological polar surface area (TPSA) is 66.4 Å². The fourth-order valence-corrected chi connectivity index (χ4v) is 3.86. The minimum atomic E-state index is -3.70. The van der Waals surface area contributed by atoms with E-state index in [9.17, 15) is 17.2 Å². The minimum Gasteiger partial charge on any atom is -0.396 e. The molecule has 0 heterocycles. The number of hydrogen-bond acceptors (Lipinski definition) is 3. The SMILES string of the molecule is CC[C@H](CCCO)NS(=O)(=O)c1ccc(-c2ccc(F)cc2F)cc1. The van der Waals surface area contributed by atoms with Gasteiger partial charge in [-0.25, -0.2) is 21.9 Å². The van der Waals surface area contributed by atoms with Crippen molar-refractivity contribution in [3.8, 4) is 11.1 Å². The largest absolute Gasteiger partial charge is 0.396 e. The molecule has 4 nitrogen and oxygen atoms in total. The first-order valence-corrected chi connectivity index (χ1v) is 9.54. The zero-order chi connectivity index (χ0) is 18.4. The van der Waals surface area contributed by atoms with Gasteiger partial charge in [0.2, 0.25) is 10.0 Å². The molecule has 0 radical (unpaired) electrons. The highest BCUT2D eigenvalue weighted by molar-refractivity contribution is 7.89. The van der Waals surface area contributed by atoms with Crippen LogP contribution in [-0.2, 0) is 10.0 Å². The standard InChI is InChI=1S/C18H21F2NO3S/c1-2-15(4-3-11-22)21-25(23,24)16-8-5-13(6-9-16)17-10-7-14(19)12-18(17)20/h5-10,12,15,21-22H,2-4,11H2,1H3/t15-/m1/s1. The highest BCUT2D eigenvalue weighted by Crippen LogP contribution is 2.25. The van der Waals surface area contributed by atoms with Crippen molar-refractivity contribution in [3.05, 3.63) is 54.1 Å². The number of rotatable bonds is 8. The van der Waals surface area contributed by atoms with Crippen molar-refractivity contribution in [2.75, 3.05) is 6.61 Å². The van der Waals surface area contributed by atoms with E-state index in [4.69, 9.17) is 5.11 Å². The maximum atomic E-state index is 13.8. The van der Waals surface area contributed by atoms with E-state index < -0.39 is 21.7 Å². The summed E-state index contributed by atoms with van der Waals surface area (Å²) in [4.78, 5) is 0.0706. The zero-order valence-electron chi connectivity index (χ0n) is 13.9. The molecule has 7 heteroatoms. The third-order valence-electron chi connectivity index (χ3n) is 3.93. The van der Waals surface area contributed by atoms with Gasteiger partial charge in [0.05, 0.1) is 4.90 Å². The second-order valence-corrected chi connectivity index (χ2v) is 7.45. The van der Waals surface area contributed by atoms with E-state index in [-0.39, 0.29) is 23.1 Å². The Morgan fingerprint density at radius 3 is 2.36 bits per heavy atom. The molecule has 2 aromatic rings. The predicted octanol–water partition coefficient (Wildman–Crippen LogP) is 3.46. The summed E-state index contributed by atoms with van der Waals surface area (Å²) in [5.74, 6) is -1.37. The fraction of sp³-hybridized carbons (Fsp3) is 0.333. The molecule has 0 amide bonds. The van der Waals surface area contributed by atoms with Gasteiger partial charge in [0.25, 0.3) is 0 Å². The monoisotopic (exact) mass is 369 g/mol. The summed E-state index contributed by atoms with van der Waals surface area (Å²) >= 11 is 0. The van der Waals surface area contributed by atoms with Crippen molar-refractivity contribution in [2.24, 2.45) is 0 Å². The number of halogens is 2. The van der Waals surface area contributed by atoms with Gasteiger partial charge < -0.3 is 5.11 Å². The third kappa shape index (κ3) is 5.07. The molecule has 2 aromatic carbocycles. The van der Waals surface area contributed by atoms with Crippen LogP contribution in [0.1, 0.15) is 26.2 Å². The van der Waals surface area contributed by atoms with E-state index in [1.807, 2.05) is 6.92 Å². The van der Waals surface area contributed by atoms with E-state index in [1.165, 1.54) is 30.3 Å². The Bertz CT molecular complexity index is 808. The predicted molar refractivity (Wildman–Crippen MR) is 92.5 cm³/mol. The van der Waals surface area contributed by atoms with Gasteiger partial charge in [0.15, 0.2) is 0 Å². The zero-order valence-corrected chi connectivity index (χ0v) is 14.7. The number of hydrogen-bond donors (Lipinski definition) is 2. The van der Waals surface area contributed by atoms with E-state index in [0.29, 0.717) is 24.8 Å². The van der Waals surface area contributed by atoms with Crippen LogP contribution in [0, 0.1) is 11.6 Å². The van der Waals surface area contributed by atoms with Gasteiger partial charge in [0, 0.05) is 24.3 Å². The van der Waals surface area contributed by atoms with Crippen LogP contribution in [0.3, 0.4) is 0 Å². The van der Waals surface area contributed by atoms with Crippen LogP contribution in [0.4, 0.5) is 8.78 Å². The molecule has 0 spiro atoms. The molecular formula is C18H21F2NO3S. The van der Waals surface area contributed by atoms with Gasteiger partial charge >= 0.3 is 0 Å². The average molecular weight is 369 g/mol. The summed E-state index contributed by atoms with van der Waals surface area (Å²) in [5.41, 5.74) is 0.663. The lowest BCUT2D eigenvalue weighted by molar-refractivity contribution is 0.277. The Hall–Kier alpha value is -1.83. The first-order chi connectivity index (χ1) is 11.9. The normalized spacial score (nSPS) is 13.0. The first-order valence-electron chi connectivity index (χ1n) is 8.06. The average Bonchev–Trinajstić information content (AvgIpc) is 2.58. The van der Waals surface area contributed by atoms with Crippen molar-refractivity contribution >= 4 is 10.0 Å². The van der Waals surface area contributed by atoms with Crippen molar-refractivity contribution in [3.63, 3.8) is 0 Å². The molecule has 0 bridgehead atoms. The van der Waals surface area contributed by atoms with Crippen LogP contribution in [0.15, 0.2) is 47.4 Å². The molecule has 0 aromatic heterocycles. The molecule has 0 fully saturated rings. The lowest BCUT2D eigenvalue weighted by Crippen LogP contribution is -2.34. The van der Waals surface area contributed by atoms with E-state index in [2.05, 4.69) is 4.72 Å². The number of nitrogens with one attached hydrogen (secondary N) is 1. The smallest absolute Gasteiger partial charge is 0.240 e. The summed E-state index contributed by atoms with van der Waals surface area (Å²) in [6.07, 6.45) is 1.67. The molecule has 0 saturated carbocycles. The maximum absolute atomic E-state index is 13.8. The van der Waals surface area contributed by atoms with Crippen LogP contribution in [0.5, 0.6) is 0 Å². The van der Waals surface area contributed by atoms with Gasteiger partial charge in [-0.05, 0) is 49.1 Å². The van der Waals surface area contributed by atoms with Crippen LogP contribution in [0.25, 0.3) is 11.1 Å². The molecule has 25 heavy (non-hydrogen) atoms. The van der Waals surface area contributed by atoms with Gasteiger partial charge in [-0.2, -0.15) is 0 Å². The lowest BCUT2D eigenvalue weighted by Gasteiger charge is -2.16. The summed E-state index contributed by atoms with van der Waals surface area (Å²) < 4.78 is 54.3. The van der Waals surface area contributed by atoms with Gasteiger partial charge in [-0.1, -0.05) is 19.1 Å². The van der Waals surface area contributed by atoms with Gasteiger partial charge in [-0.15, -0.1) is 0 Å². The molecule has 2 N–H and O–H groups in total. The Morgan fingerprint density at radius 1 is 1.12 bits per heavy atom. The number of aliphatic hydroxyl groups is 1. The molecule has 0 saturated heterocycles. The Morgan fingerprint density at radius 2 is 1.80 bits per heavy atom. The molecule has 2 rings (SSSR count). The number of sulfonamides is 1. The molecule has 136 valence electrons. The van der Waals surface area contributed by atoms with Crippen LogP contribution in [0.2, 0.25) is 0 Å². The highest BCUT2D eigenvalue weighted by atomic mass is 32.2. The van der Waals surface area contributed by atoms with E-state index in [1.54, 1.807) is 0 Å². The van der Waals surface area contributed by atoms with Crippen molar-refractivity contribution in [1.82, 2.24) is 4.72 Å². The minimum absolute atomic E-state index is 0.0101. The van der Waals surface area contributed by atoms with E-state index >= 15 is 0 Å².